The summed E-state index contributed by atoms with van der Waals surface area (Å²) in [6.45, 7) is 0. The highest BCUT2D eigenvalue weighted by molar-refractivity contribution is 6.51. The van der Waals surface area contributed by atoms with E-state index in [1.807, 2.05) is 0 Å². The molecule has 1 aliphatic heterocycles. The van der Waals surface area contributed by atoms with Crippen molar-refractivity contribution in [3.63, 3.8) is 0 Å². The van der Waals surface area contributed by atoms with Crippen molar-refractivity contribution in [1.29, 1.82) is 0 Å². The maximum atomic E-state index is 13.6. The third kappa shape index (κ3) is 3.69. The van der Waals surface area contributed by atoms with Crippen molar-refractivity contribution in [2.45, 2.75) is 6.04 Å². The van der Waals surface area contributed by atoms with Crippen LogP contribution in [-0.4, -0.2) is 31.0 Å². The monoisotopic (exact) mass is 433 g/mol. The number of carbonyl (C=O) groups is 2. The Bertz CT molecular complexity index is 1180. The minimum absolute atomic E-state index is 0.0809. The number of methoxy groups -OCH3 is 2. The largest absolute Gasteiger partial charge is 0.507 e. The van der Waals surface area contributed by atoms with Crippen molar-refractivity contribution in [3.05, 3.63) is 95.3 Å². The molecule has 0 bridgehead atoms. The molecule has 0 spiro atoms. The zero-order chi connectivity index (χ0) is 22.8. The zero-order valence-corrected chi connectivity index (χ0v) is 17.4. The van der Waals surface area contributed by atoms with Gasteiger partial charge in [0.15, 0.2) is 0 Å². The van der Waals surface area contributed by atoms with E-state index in [9.17, 15) is 19.1 Å². The molecule has 1 aliphatic rings. The Morgan fingerprint density at radius 3 is 1.91 bits per heavy atom. The number of amides is 1. The van der Waals surface area contributed by atoms with E-state index in [0.717, 1.165) is 0 Å². The van der Waals surface area contributed by atoms with Gasteiger partial charge in [0.1, 0.15) is 23.1 Å². The number of ether oxygens (including phenoxy) is 2. The number of ketones is 1. The van der Waals surface area contributed by atoms with Crippen LogP contribution >= 0.6 is 0 Å². The lowest BCUT2D eigenvalue weighted by Gasteiger charge is -2.25. The average Bonchev–Trinajstić information content (AvgIpc) is 3.09. The molecule has 1 unspecified atom stereocenters. The Morgan fingerprint density at radius 1 is 0.844 bits per heavy atom. The predicted octanol–water partition coefficient (Wildman–Crippen LogP) is 4.47. The van der Waals surface area contributed by atoms with Crippen LogP contribution < -0.4 is 14.4 Å². The Hall–Kier alpha value is -4.13. The molecule has 1 fully saturated rings. The summed E-state index contributed by atoms with van der Waals surface area (Å²) in [5.74, 6) is -1.23. The zero-order valence-electron chi connectivity index (χ0n) is 17.4. The van der Waals surface area contributed by atoms with Crippen molar-refractivity contribution >= 4 is 23.1 Å². The summed E-state index contributed by atoms with van der Waals surface area (Å²) in [7, 11) is 3.04. The van der Waals surface area contributed by atoms with Crippen LogP contribution in [0.3, 0.4) is 0 Å². The van der Waals surface area contributed by atoms with Crippen molar-refractivity contribution in [1.82, 2.24) is 0 Å². The molecule has 0 aromatic heterocycles. The molecule has 3 aromatic carbocycles. The number of rotatable bonds is 5. The second-order valence-corrected chi connectivity index (χ2v) is 7.15. The van der Waals surface area contributed by atoms with Gasteiger partial charge in [0.05, 0.1) is 25.8 Å². The summed E-state index contributed by atoms with van der Waals surface area (Å²) in [6.07, 6.45) is 0. The van der Waals surface area contributed by atoms with E-state index in [-0.39, 0.29) is 11.3 Å². The molecule has 32 heavy (non-hydrogen) atoms. The Labute approximate surface area is 184 Å². The maximum Gasteiger partial charge on any atom is 0.300 e. The van der Waals surface area contributed by atoms with Crippen molar-refractivity contribution in [2.75, 3.05) is 19.1 Å². The molecule has 0 aliphatic carbocycles. The van der Waals surface area contributed by atoms with E-state index in [1.165, 1.54) is 43.4 Å². The fraction of sp³-hybridized carbons (Fsp3) is 0.120. The number of nitrogens with zero attached hydrogens (tertiary/aromatic N) is 1. The van der Waals surface area contributed by atoms with Crippen LogP contribution in [0.25, 0.3) is 5.76 Å². The first-order valence-corrected chi connectivity index (χ1v) is 9.79. The number of anilines is 1. The summed E-state index contributed by atoms with van der Waals surface area (Å²) in [6, 6.07) is 17.6. The highest BCUT2D eigenvalue weighted by Crippen LogP contribution is 2.42. The fourth-order valence-corrected chi connectivity index (χ4v) is 3.71. The van der Waals surface area contributed by atoms with E-state index in [0.29, 0.717) is 28.3 Å². The Morgan fingerprint density at radius 2 is 1.38 bits per heavy atom. The van der Waals surface area contributed by atoms with Gasteiger partial charge in [-0.05, 0) is 66.2 Å². The van der Waals surface area contributed by atoms with Crippen LogP contribution in [0.15, 0.2) is 78.4 Å². The molecular formula is C25H20FNO5. The van der Waals surface area contributed by atoms with Crippen LogP contribution in [-0.2, 0) is 9.59 Å². The molecule has 3 aromatic rings. The van der Waals surface area contributed by atoms with Gasteiger partial charge in [0, 0.05) is 11.3 Å². The summed E-state index contributed by atoms with van der Waals surface area (Å²) in [4.78, 5) is 27.4. The number of aliphatic hydroxyl groups excluding tert-OH is 1. The minimum Gasteiger partial charge on any atom is -0.507 e. The topological polar surface area (TPSA) is 76.1 Å². The summed E-state index contributed by atoms with van der Waals surface area (Å²) >= 11 is 0. The minimum atomic E-state index is -0.939. The number of carbonyl (C=O) groups excluding carboxylic acids is 2. The van der Waals surface area contributed by atoms with Crippen LogP contribution in [0.5, 0.6) is 11.5 Å². The molecule has 4 rings (SSSR count). The van der Waals surface area contributed by atoms with Gasteiger partial charge in [0.25, 0.3) is 11.7 Å². The van der Waals surface area contributed by atoms with E-state index in [4.69, 9.17) is 9.47 Å². The smallest absolute Gasteiger partial charge is 0.300 e. The van der Waals surface area contributed by atoms with Gasteiger partial charge in [-0.15, -0.1) is 0 Å². The maximum absolute atomic E-state index is 13.6. The molecule has 0 saturated carbocycles. The third-order valence-corrected chi connectivity index (χ3v) is 5.34. The highest BCUT2D eigenvalue weighted by atomic mass is 19.1. The van der Waals surface area contributed by atoms with Crippen LogP contribution in [0.4, 0.5) is 10.1 Å². The average molecular weight is 433 g/mol. The molecule has 1 amide bonds. The number of Topliss-reactive ketones (excluding diaryl/α,β-unsaturated/α-hetero) is 1. The molecule has 0 radical (unpaired) electrons. The lowest BCUT2D eigenvalue weighted by molar-refractivity contribution is -0.132. The van der Waals surface area contributed by atoms with E-state index < -0.39 is 23.5 Å². The Balaban J connectivity index is 1.89. The van der Waals surface area contributed by atoms with Crippen molar-refractivity contribution in [2.24, 2.45) is 0 Å². The number of hydrogen-bond acceptors (Lipinski definition) is 5. The van der Waals surface area contributed by atoms with Gasteiger partial charge in [-0.1, -0.05) is 12.1 Å². The van der Waals surface area contributed by atoms with Gasteiger partial charge < -0.3 is 14.6 Å². The summed E-state index contributed by atoms with van der Waals surface area (Å²) in [5, 5.41) is 11.1. The molecule has 6 nitrogen and oxygen atoms in total. The number of aliphatic hydroxyl groups is 1. The lowest BCUT2D eigenvalue weighted by atomic mass is 9.95. The second-order valence-electron chi connectivity index (χ2n) is 7.15. The number of benzene rings is 3. The third-order valence-electron chi connectivity index (χ3n) is 5.34. The molecule has 1 N–H and O–H groups in total. The molecule has 162 valence electrons. The quantitative estimate of drug-likeness (QED) is 0.365. The highest BCUT2D eigenvalue weighted by Gasteiger charge is 2.46. The first-order valence-electron chi connectivity index (χ1n) is 9.79. The van der Waals surface area contributed by atoms with Crippen LogP contribution in [0.2, 0.25) is 0 Å². The molecule has 1 atom stereocenters. The van der Waals surface area contributed by atoms with Crippen molar-refractivity contribution < 1.29 is 28.6 Å². The SMILES string of the molecule is COc1ccc(/C(O)=C2\C(=O)C(=O)N(c3ccc(OC)cc3)C2c2ccc(F)cc2)cc1. The molecule has 7 heteroatoms. The Kier molecular flexibility index (Phi) is 5.64. The van der Waals surface area contributed by atoms with Crippen LogP contribution in [0, 0.1) is 5.82 Å². The molecule has 1 heterocycles. The standard InChI is InChI=1S/C25H20FNO5/c1-31-19-11-5-16(6-12-19)23(28)21-22(15-3-7-17(26)8-4-15)27(25(30)24(21)29)18-9-13-20(32-2)14-10-18/h3-14,22,28H,1-2H3/b23-21+. The van der Waals surface area contributed by atoms with E-state index >= 15 is 0 Å². The van der Waals surface area contributed by atoms with Gasteiger partial charge >= 0.3 is 0 Å². The van der Waals surface area contributed by atoms with Crippen LogP contribution in [0.1, 0.15) is 17.2 Å². The van der Waals surface area contributed by atoms with Crippen molar-refractivity contribution in [3.8, 4) is 11.5 Å². The van der Waals surface area contributed by atoms with Gasteiger partial charge in [-0.2, -0.15) is 0 Å². The first-order chi connectivity index (χ1) is 15.4. The van der Waals surface area contributed by atoms with Gasteiger partial charge in [-0.25, -0.2) is 4.39 Å². The normalized spacial score (nSPS) is 17.5. The lowest BCUT2D eigenvalue weighted by Crippen LogP contribution is -2.29. The fourth-order valence-electron chi connectivity index (χ4n) is 3.71. The first kappa shape index (κ1) is 21.1. The van der Waals surface area contributed by atoms with E-state index in [2.05, 4.69) is 0 Å². The molecular weight excluding hydrogens is 413 g/mol. The number of halogens is 1. The predicted molar refractivity (Wildman–Crippen MR) is 117 cm³/mol. The van der Waals surface area contributed by atoms with E-state index in [1.54, 1.807) is 48.5 Å². The van der Waals surface area contributed by atoms with Gasteiger partial charge in [0.2, 0.25) is 0 Å². The number of hydrogen-bond donors (Lipinski definition) is 1. The second kappa shape index (κ2) is 8.55. The summed E-state index contributed by atoms with van der Waals surface area (Å²) in [5.41, 5.74) is 1.20. The summed E-state index contributed by atoms with van der Waals surface area (Å²) < 4.78 is 23.9. The van der Waals surface area contributed by atoms with Gasteiger partial charge in [-0.3, -0.25) is 14.5 Å². The molecule has 1 saturated heterocycles.